The summed E-state index contributed by atoms with van der Waals surface area (Å²) in [6, 6.07) is 5.04. The van der Waals surface area contributed by atoms with Crippen molar-refractivity contribution in [3.8, 4) is 5.75 Å². The molecule has 112 valence electrons. The van der Waals surface area contributed by atoms with Crippen LogP contribution >= 0.6 is 11.6 Å². The van der Waals surface area contributed by atoms with E-state index in [1.165, 1.54) is 38.4 Å². The number of benzene rings is 1. The van der Waals surface area contributed by atoms with Gasteiger partial charge in [-0.25, -0.2) is 9.37 Å². The highest BCUT2D eigenvalue weighted by Gasteiger charge is 2.47. The number of nitrogens with zero attached hydrogens (tertiary/aromatic N) is 2. The van der Waals surface area contributed by atoms with E-state index in [2.05, 4.69) is 0 Å². The van der Waals surface area contributed by atoms with Crippen LogP contribution in [0.4, 0.5) is 4.79 Å². The molecule has 2 rings (SSSR count). The standard InChI is InChI=1S/C12H12ClN2O5S/c1-14-7-10(11(16)15(2)12(14)17)21(18,19)20-9-5-3-8(13)4-6-9/h3-7,10H,1-2H3/q+1. The predicted octanol–water partition coefficient (Wildman–Crippen LogP) is 0.722. The van der Waals surface area contributed by atoms with Crippen molar-refractivity contribution in [2.24, 2.45) is 0 Å². The van der Waals surface area contributed by atoms with Gasteiger partial charge in [0, 0.05) is 5.02 Å². The summed E-state index contributed by atoms with van der Waals surface area (Å²) in [6.07, 6.45) is 1.01. The summed E-state index contributed by atoms with van der Waals surface area (Å²) in [6.45, 7) is 0. The van der Waals surface area contributed by atoms with E-state index in [9.17, 15) is 18.0 Å². The molecule has 0 aromatic heterocycles. The molecule has 0 N–H and O–H groups in total. The van der Waals surface area contributed by atoms with Crippen molar-refractivity contribution in [2.45, 2.75) is 5.25 Å². The average molecular weight is 332 g/mol. The Hall–Kier alpha value is -1.93. The van der Waals surface area contributed by atoms with Crippen molar-refractivity contribution >= 4 is 39.9 Å². The van der Waals surface area contributed by atoms with Crippen LogP contribution in [0.1, 0.15) is 0 Å². The summed E-state index contributed by atoms with van der Waals surface area (Å²) in [5, 5.41) is -1.16. The molecule has 1 heterocycles. The molecule has 9 heteroatoms. The molecule has 0 bridgehead atoms. The van der Waals surface area contributed by atoms with Gasteiger partial charge in [0.25, 0.3) is 5.25 Å². The smallest absolute Gasteiger partial charge is 0.381 e. The van der Waals surface area contributed by atoms with Crippen molar-refractivity contribution in [1.29, 1.82) is 0 Å². The van der Waals surface area contributed by atoms with Gasteiger partial charge in [0.2, 0.25) is 0 Å². The van der Waals surface area contributed by atoms with E-state index in [0.29, 0.717) is 5.02 Å². The summed E-state index contributed by atoms with van der Waals surface area (Å²) >= 11 is 5.69. The van der Waals surface area contributed by atoms with Crippen LogP contribution in [0, 0.1) is 0 Å². The second kappa shape index (κ2) is 5.45. The zero-order valence-corrected chi connectivity index (χ0v) is 12.8. The van der Waals surface area contributed by atoms with E-state index in [4.69, 9.17) is 15.8 Å². The van der Waals surface area contributed by atoms with Crippen LogP contribution in [0.5, 0.6) is 5.75 Å². The highest BCUT2D eigenvalue weighted by molar-refractivity contribution is 7.89. The number of urea groups is 1. The van der Waals surface area contributed by atoms with Crippen molar-refractivity contribution in [3.05, 3.63) is 29.3 Å². The van der Waals surface area contributed by atoms with E-state index in [0.717, 1.165) is 15.7 Å². The fourth-order valence-electron chi connectivity index (χ4n) is 1.73. The van der Waals surface area contributed by atoms with E-state index < -0.39 is 27.3 Å². The number of rotatable bonds is 3. The van der Waals surface area contributed by atoms with Crippen LogP contribution in [0.2, 0.25) is 5.02 Å². The van der Waals surface area contributed by atoms with E-state index in [1.807, 2.05) is 0 Å². The number of hydrogen-bond acceptors (Lipinski definition) is 5. The van der Waals surface area contributed by atoms with Crippen LogP contribution in [0.15, 0.2) is 24.3 Å². The first kappa shape index (κ1) is 15.5. The van der Waals surface area contributed by atoms with Crippen LogP contribution in [-0.4, -0.2) is 55.4 Å². The monoisotopic (exact) mass is 331 g/mol. The van der Waals surface area contributed by atoms with Crippen molar-refractivity contribution in [3.63, 3.8) is 0 Å². The molecule has 7 nitrogen and oxygen atoms in total. The molecule has 1 atom stereocenters. The molecular formula is C12H12ClN2O5S+. The lowest BCUT2D eigenvalue weighted by molar-refractivity contribution is -0.399. The Labute approximate surface area is 126 Å². The molecule has 0 radical (unpaired) electrons. The van der Waals surface area contributed by atoms with Gasteiger partial charge >= 0.3 is 22.1 Å². The van der Waals surface area contributed by atoms with Crippen molar-refractivity contribution < 1.29 is 26.8 Å². The normalized spacial score (nSPS) is 19.5. The number of hydrogen-bond donors (Lipinski definition) is 0. The molecule has 0 saturated carbocycles. The minimum absolute atomic E-state index is 0.0304. The molecule has 1 aliphatic heterocycles. The lowest BCUT2D eigenvalue weighted by atomic mass is 10.3. The van der Waals surface area contributed by atoms with Crippen LogP contribution < -0.4 is 4.18 Å². The first-order valence-electron chi connectivity index (χ1n) is 5.80. The molecule has 3 amide bonds. The van der Waals surface area contributed by atoms with Gasteiger partial charge in [0.05, 0.1) is 14.1 Å². The Balaban J connectivity index is 2.33. The molecule has 1 aromatic rings. The lowest BCUT2D eigenvalue weighted by Crippen LogP contribution is -2.54. The van der Waals surface area contributed by atoms with Gasteiger partial charge in [0.1, 0.15) is 12.0 Å². The second-order valence-corrected chi connectivity index (χ2v) is 6.49. The van der Waals surface area contributed by atoms with E-state index in [-0.39, 0.29) is 5.75 Å². The first-order chi connectivity index (χ1) is 9.72. The Morgan fingerprint density at radius 1 is 1.24 bits per heavy atom. The molecule has 0 aliphatic carbocycles. The van der Waals surface area contributed by atoms with Gasteiger partial charge in [-0.15, -0.1) is 0 Å². The predicted molar refractivity (Wildman–Crippen MR) is 75.2 cm³/mol. The van der Waals surface area contributed by atoms with Gasteiger partial charge in [-0.2, -0.15) is 18.1 Å². The molecule has 0 spiro atoms. The summed E-state index contributed by atoms with van der Waals surface area (Å²) in [5.74, 6) is -0.838. The fourth-order valence-corrected chi connectivity index (χ4v) is 3.07. The summed E-state index contributed by atoms with van der Waals surface area (Å²) < 4.78 is 30.3. The maximum Gasteiger partial charge on any atom is 0.500 e. The number of carbonyl (C=O) groups is 2. The van der Waals surface area contributed by atoms with Crippen molar-refractivity contribution in [2.75, 3.05) is 14.1 Å². The van der Waals surface area contributed by atoms with Crippen LogP contribution in [0.3, 0.4) is 0 Å². The minimum Gasteiger partial charge on any atom is -0.381 e. The summed E-state index contributed by atoms with van der Waals surface area (Å²) in [7, 11) is -1.71. The van der Waals surface area contributed by atoms with Gasteiger partial charge in [0.15, 0.2) is 0 Å². The Kier molecular flexibility index (Phi) is 4.02. The SMILES string of the molecule is CN1C(=O)C(S(=O)(=O)Oc2ccc(Cl)cc2)C=[N+](C)C1=O. The highest BCUT2D eigenvalue weighted by Crippen LogP contribution is 2.20. The zero-order chi connectivity index (χ0) is 15.8. The quantitative estimate of drug-likeness (QED) is 0.602. The molecule has 0 fully saturated rings. The number of halogens is 1. The number of carbonyl (C=O) groups excluding carboxylic acids is 2. The van der Waals surface area contributed by atoms with Gasteiger partial charge < -0.3 is 4.18 Å². The third-order valence-electron chi connectivity index (χ3n) is 2.86. The number of amides is 3. The third kappa shape index (κ3) is 3.06. The maximum absolute atomic E-state index is 12.2. The van der Waals surface area contributed by atoms with E-state index >= 15 is 0 Å². The zero-order valence-electron chi connectivity index (χ0n) is 11.2. The molecule has 1 aliphatic rings. The van der Waals surface area contributed by atoms with E-state index in [1.54, 1.807) is 0 Å². The minimum atomic E-state index is -4.27. The summed E-state index contributed by atoms with van der Waals surface area (Å²) in [4.78, 5) is 24.2. The van der Waals surface area contributed by atoms with Crippen LogP contribution in [-0.2, 0) is 14.9 Å². The maximum atomic E-state index is 12.2. The molecular weight excluding hydrogens is 320 g/mol. The Bertz CT molecular complexity index is 727. The second-order valence-electron chi connectivity index (χ2n) is 4.39. The van der Waals surface area contributed by atoms with Gasteiger partial charge in [-0.1, -0.05) is 11.6 Å². The fraction of sp³-hybridized carbons (Fsp3) is 0.250. The molecule has 1 aromatic carbocycles. The Morgan fingerprint density at radius 2 is 1.81 bits per heavy atom. The third-order valence-corrected chi connectivity index (χ3v) is 4.48. The van der Waals surface area contributed by atoms with Gasteiger partial charge in [-0.3, -0.25) is 0 Å². The molecule has 21 heavy (non-hydrogen) atoms. The summed E-state index contributed by atoms with van der Waals surface area (Å²) in [5.41, 5.74) is 0. The largest absolute Gasteiger partial charge is 0.500 e. The van der Waals surface area contributed by atoms with Crippen molar-refractivity contribution in [1.82, 2.24) is 4.90 Å². The Morgan fingerprint density at radius 3 is 2.38 bits per heavy atom. The topological polar surface area (TPSA) is 83.8 Å². The van der Waals surface area contributed by atoms with Gasteiger partial charge in [-0.05, 0) is 24.3 Å². The lowest BCUT2D eigenvalue weighted by Gasteiger charge is -2.19. The molecule has 1 unspecified atom stereocenters. The molecule has 0 saturated heterocycles. The van der Waals surface area contributed by atoms with Crippen LogP contribution in [0.25, 0.3) is 0 Å². The average Bonchev–Trinajstić information content (AvgIpc) is 2.42. The highest BCUT2D eigenvalue weighted by atomic mass is 35.5. The number of imide groups is 1. The first-order valence-corrected chi connectivity index (χ1v) is 7.65.